The Kier molecular flexibility index (Phi) is 6.57. The summed E-state index contributed by atoms with van der Waals surface area (Å²) in [4.78, 5) is 35.8. The lowest BCUT2D eigenvalue weighted by Gasteiger charge is -2.25. The van der Waals surface area contributed by atoms with Crippen LogP contribution in [0.4, 0.5) is 0 Å². The zero-order valence-corrected chi connectivity index (χ0v) is 17.6. The van der Waals surface area contributed by atoms with Gasteiger partial charge in [0.25, 0.3) is 5.91 Å². The van der Waals surface area contributed by atoms with E-state index in [0.29, 0.717) is 5.75 Å². The van der Waals surface area contributed by atoms with E-state index in [2.05, 4.69) is 5.32 Å². The predicted octanol–water partition coefficient (Wildman–Crippen LogP) is 2.08. The van der Waals surface area contributed by atoms with Crippen molar-refractivity contribution in [2.24, 2.45) is 0 Å². The molecule has 0 saturated carbocycles. The molecule has 1 aliphatic heterocycles. The van der Waals surface area contributed by atoms with E-state index in [1.165, 1.54) is 0 Å². The largest absolute Gasteiger partial charge is 0.488 e. The van der Waals surface area contributed by atoms with Gasteiger partial charge in [0.1, 0.15) is 23.0 Å². The quantitative estimate of drug-likeness (QED) is 0.525. The lowest BCUT2D eigenvalue weighted by atomic mass is 10.0. The SMILES string of the molecule is CC(C)(C)OC(=O)[C@H](Cc1ccc(OC(C)(C)C)cc1)NC(=O)[C@H]1O[C@@H]1C(=O)O. The summed E-state index contributed by atoms with van der Waals surface area (Å²) in [6, 6.07) is 6.21. The van der Waals surface area contributed by atoms with Crippen LogP contribution in [0.25, 0.3) is 0 Å². The number of amides is 1. The van der Waals surface area contributed by atoms with Crippen LogP contribution in [-0.4, -0.2) is 52.4 Å². The highest BCUT2D eigenvalue weighted by Gasteiger charge is 2.51. The van der Waals surface area contributed by atoms with E-state index >= 15 is 0 Å². The van der Waals surface area contributed by atoms with Crippen LogP contribution in [-0.2, 0) is 30.3 Å². The molecule has 2 N–H and O–H groups in total. The molecule has 1 amide bonds. The van der Waals surface area contributed by atoms with Gasteiger partial charge >= 0.3 is 11.9 Å². The van der Waals surface area contributed by atoms with Gasteiger partial charge in [-0.1, -0.05) is 12.1 Å². The summed E-state index contributed by atoms with van der Waals surface area (Å²) in [5.74, 6) is -1.78. The summed E-state index contributed by atoms with van der Waals surface area (Å²) < 4.78 is 16.0. The van der Waals surface area contributed by atoms with Crippen molar-refractivity contribution in [3.05, 3.63) is 29.8 Å². The Hall–Kier alpha value is -2.61. The lowest BCUT2D eigenvalue weighted by Crippen LogP contribution is -2.47. The van der Waals surface area contributed by atoms with Gasteiger partial charge in [-0.25, -0.2) is 9.59 Å². The molecule has 0 radical (unpaired) electrons. The molecule has 8 nitrogen and oxygen atoms in total. The highest BCUT2D eigenvalue weighted by atomic mass is 16.6. The summed E-state index contributed by atoms with van der Waals surface area (Å²) in [7, 11) is 0. The zero-order valence-electron chi connectivity index (χ0n) is 17.6. The molecule has 0 aliphatic carbocycles. The van der Waals surface area contributed by atoms with Gasteiger partial charge in [0.2, 0.25) is 0 Å². The van der Waals surface area contributed by atoms with Crippen molar-refractivity contribution in [2.45, 2.75) is 77.4 Å². The molecule has 1 heterocycles. The Morgan fingerprint density at radius 2 is 1.62 bits per heavy atom. The molecular formula is C21H29NO7. The Balaban J connectivity index is 2.09. The zero-order chi connectivity index (χ0) is 22.0. The fourth-order valence-corrected chi connectivity index (χ4v) is 2.60. The van der Waals surface area contributed by atoms with Crippen LogP contribution in [0, 0.1) is 0 Å². The smallest absolute Gasteiger partial charge is 0.336 e. The van der Waals surface area contributed by atoms with Crippen LogP contribution < -0.4 is 10.1 Å². The van der Waals surface area contributed by atoms with Crippen molar-refractivity contribution in [1.29, 1.82) is 0 Å². The van der Waals surface area contributed by atoms with Crippen molar-refractivity contribution in [2.75, 3.05) is 0 Å². The molecule has 0 unspecified atom stereocenters. The third-order valence-electron chi connectivity index (χ3n) is 3.79. The maximum absolute atomic E-state index is 12.6. The molecule has 0 bridgehead atoms. The van der Waals surface area contributed by atoms with Gasteiger partial charge in [-0.15, -0.1) is 0 Å². The molecule has 1 aliphatic rings. The Bertz CT molecular complexity index is 759. The third-order valence-corrected chi connectivity index (χ3v) is 3.79. The van der Waals surface area contributed by atoms with Gasteiger partial charge < -0.3 is 24.6 Å². The fraction of sp³-hybridized carbons (Fsp3) is 0.571. The van der Waals surface area contributed by atoms with Gasteiger partial charge in [0.15, 0.2) is 12.2 Å². The Morgan fingerprint density at radius 3 is 2.07 bits per heavy atom. The minimum absolute atomic E-state index is 0.181. The highest BCUT2D eigenvalue weighted by Crippen LogP contribution is 2.23. The first-order valence-corrected chi connectivity index (χ1v) is 9.45. The summed E-state index contributed by atoms with van der Waals surface area (Å²) in [6.45, 7) is 11.0. The number of carbonyl (C=O) groups excluding carboxylic acids is 2. The van der Waals surface area contributed by atoms with Crippen LogP contribution >= 0.6 is 0 Å². The highest BCUT2D eigenvalue weighted by molar-refractivity contribution is 5.94. The van der Waals surface area contributed by atoms with Crippen molar-refractivity contribution in [3.63, 3.8) is 0 Å². The normalized spacial score (nSPS) is 19.8. The van der Waals surface area contributed by atoms with E-state index in [1.54, 1.807) is 45.0 Å². The maximum Gasteiger partial charge on any atom is 0.336 e. The number of ether oxygens (including phenoxy) is 3. The van der Waals surface area contributed by atoms with E-state index in [1.807, 2.05) is 20.8 Å². The summed E-state index contributed by atoms with van der Waals surface area (Å²) >= 11 is 0. The fourth-order valence-electron chi connectivity index (χ4n) is 2.60. The van der Waals surface area contributed by atoms with Crippen LogP contribution in [0.1, 0.15) is 47.1 Å². The second-order valence-electron chi connectivity index (χ2n) is 8.97. The minimum atomic E-state index is -1.21. The van der Waals surface area contributed by atoms with Crippen molar-refractivity contribution < 1.29 is 33.7 Å². The Morgan fingerprint density at radius 1 is 1.03 bits per heavy atom. The van der Waals surface area contributed by atoms with Gasteiger partial charge in [-0.3, -0.25) is 4.79 Å². The average molecular weight is 407 g/mol. The van der Waals surface area contributed by atoms with Crippen molar-refractivity contribution in [1.82, 2.24) is 5.32 Å². The summed E-state index contributed by atoms with van der Waals surface area (Å²) in [5.41, 5.74) is -0.280. The number of nitrogens with one attached hydrogen (secondary N) is 1. The first-order chi connectivity index (χ1) is 13.2. The van der Waals surface area contributed by atoms with Crippen molar-refractivity contribution in [3.8, 4) is 5.75 Å². The molecule has 0 aromatic heterocycles. The number of aliphatic carboxylic acids is 1. The topological polar surface area (TPSA) is 114 Å². The van der Waals surface area contributed by atoms with E-state index in [0.717, 1.165) is 5.56 Å². The molecule has 1 saturated heterocycles. The van der Waals surface area contributed by atoms with Gasteiger partial charge in [0.05, 0.1) is 0 Å². The molecule has 160 valence electrons. The predicted molar refractivity (Wildman–Crippen MR) is 105 cm³/mol. The number of hydrogen-bond donors (Lipinski definition) is 2. The van der Waals surface area contributed by atoms with E-state index in [9.17, 15) is 14.4 Å². The number of esters is 1. The number of hydrogen-bond acceptors (Lipinski definition) is 6. The molecule has 8 heteroatoms. The molecule has 3 atom stereocenters. The molecule has 2 rings (SSSR count). The number of epoxide rings is 1. The number of carboxylic acids is 1. The second-order valence-corrected chi connectivity index (χ2v) is 8.97. The van der Waals surface area contributed by atoms with Crippen LogP contribution in [0.15, 0.2) is 24.3 Å². The average Bonchev–Trinajstić information content (AvgIpc) is 3.34. The molecule has 0 spiro atoms. The first-order valence-electron chi connectivity index (χ1n) is 9.45. The van der Waals surface area contributed by atoms with E-state index in [-0.39, 0.29) is 12.0 Å². The molecule has 1 aromatic carbocycles. The third kappa shape index (κ3) is 7.38. The number of rotatable bonds is 7. The van der Waals surface area contributed by atoms with Crippen LogP contribution in [0.3, 0.4) is 0 Å². The van der Waals surface area contributed by atoms with E-state index in [4.69, 9.17) is 19.3 Å². The molecule has 29 heavy (non-hydrogen) atoms. The standard InChI is InChI=1S/C21H29NO7/c1-20(2,3)28-13-9-7-12(8-10-13)11-14(19(26)29-21(4,5)6)22-17(23)15-16(27-15)18(24)25/h7-10,14-16H,11H2,1-6H3,(H,22,23)(H,24,25)/t14-,15-,16-/m0/s1. The number of carboxylic acid groups (broad SMARTS) is 1. The van der Waals surface area contributed by atoms with E-state index < -0.39 is 41.7 Å². The lowest BCUT2D eigenvalue weighted by molar-refractivity contribution is -0.158. The molecular weight excluding hydrogens is 378 g/mol. The van der Waals surface area contributed by atoms with Gasteiger partial charge in [-0.05, 0) is 59.2 Å². The molecule has 1 fully saturated rings. The number of carbonyl (C=O) groups is 3. The maximum atomic E-state index is 12.6. The van der Waals surface area contributed by atoms with Gasteiger partial charge in [0, 0.05) is 6.42 Å². The molecule has 1 aromatic rings. The summed E-state index contributed by atoms with van der Waals surface area (Å²) in [6.07, 6.45) is -2.09. The van der Waals surface area contributed by atoms with Gasteiger partial charge in [-0.2, -0.15) is 0 Å². The van der Waals surface area contributed by atoms with Crippen LogP contribution in [0.2, 0.25) is 0 Å². The first kappa shape index (κ1) is 22.7. The Labute approximate surface area is 170 Å². The van der Waals surface area contributed by atoms with Crippen LogP contribution in [0.5, 0.6) is 5.75 Å². The number of benzene rings is 1. The second kappa shape index (κ2) is 8.41. The summed E-state index contributed by atoms with van der Waals surface area (Å²) in [5, 5.41) is 11.5. The van der Waals surface area contributed by atoms with Crippen molar-refractivity contribution >= 4 is 17.8 Å². The minimum Gasteiger partial charge on any atom is -0.488 e. The monoisotopic (exact) mass is 407 g/mol.